The van der Waals surface area contributed by atoms with Gasteiger partial charge in [-0.1, -0.05) is 12.1 Å². The first kappa shape index (κ1) is 9.74. The molecule has 0 aliphatic heterocycles. The number of aryl methyl sites for hydroxylation is 1. The van der Waals surface area contributed by atoms with Gasteiger partial charge in [-0.05, 0) is 40.4 Å². The molecule has 0 atom stereocenters. The molecule has 14 heavy (non-hydrogen) atoms. The molecule has 0 radical (unpaired) electrons. The Kier molecular flexibility index (Phi) is 2.89. The lowest BCUT2D eigenvalue weighted by atomic mass is 10.1. The van der Waals surface area contributed by atoms with E-state index in [1.54, 1.807) is 0 Å². The zero-order chi connectivity index (χ0) is 9.97. The molecule has 2 N–H and O–H groups in total. The molecule has 1 aromatic carbocycles. The molecule has 2 aromatic rings. The van der Waals surface area contributed by atoms with Crippen molar-refractivity contribution in [1.29, 1.82) is 0 Å². The Morgan fingerprint density at radius 2 is 2.21 bits per heavy atom. The summed E-state index contributed by atoms with van der Waals surface area (Å²) in [5.41, 5.74) is 2.41. The molecule has 0 amide bonds. The van der Waals surface area contributed by atoms with Crippen LogP contribution in [0, 0.1) is 0 Å². The number of rotatable bonds is 3. The molecule has 0 saturated carbocycles. The fraction of sp³-hybridized carbons (Fsp3) is 0.273. The number of benzene rings is 1. The van der Waals surface area contributed by atoms with Crippen LogP contribution in [0.15, 0.2) is 28.9 Å². The van der Waals surface area contributed by atoms with Gasteiger partial charge in [0.25, 0.3) is 0 Å². The average molecular weight is 254 g/mol. The molecular weight excluding hydrogens is 242 g/mol. The average Bonchev–Trinajstić information content (AvgIpc) is 2.57. The maximum atomic E-state index is 8.73. The van der Waals surface area contributed by atoms with Gasteiger partial charge in [-0.15, -0.1) is 0 Å². The molecule has 3 heteroatoms. The fourth-order valence-electron chi connectivity index (χ4n) is 1.58. The first-order valence-electron chi connectivity index (χ1n) is 4.67. The molecule has 0 fully saturated rings. The number of halogens is 1. The Labute approximate surface area is 91.1 Å². The van der Waals surface area contributed by atoms with Crippen LogP contribution in [0.1, 0.15) is 12.0 Å². The van der Waals surface area contributed by atoms with E-state index >= 15 is 0 Å². The third-order valence-electron chi connectivity index (χ3n) is 2.32. The molecule has 2 nitrogen and oxygen atoms in total. The van der Waals surface area contributed by atoms with Crippen LogP contribution >= 0.6 is 15.9 Å². The predicted octanol–water partition coefficient (Wildman–Crippen LogP) is 2.86. The highest BCUT2D eigenvalue weighted by atomic mass is 79.9. The lowest BCUT2D eigenvalue weighted by molar-refractivity contribution is 0.288. The molecule has 74 valence electrons. The van der Waals surface area contributed by atoms with E-state index in [1.807, 2.05) is 6.20 Å². The van der Waals surface area contributed by atoms with Crippen LogP contribution in [-0.4, -0.2) is 16.7 Å². The highest BCUT2D eigenvalue weighted by Crippen LogP contribution is 2.24. The standard InChI is InChI=1S/C11H12BrNO/c12-10-7-13-11-6-8(2-1-5-14)3-4-9(10)11/h3-4,6-7,13-14H,1-2,5H2. The Hall–Kier alpha value is -0.800. The number of nitrogens with one attached hydrogen (secondary N) is 1. The van der Waals surface area contributed by atoms with Gasteiger partial charge in [-0.25, -0.2) is 0 Å². The Balaban J connectivity index is 2.32. The molecule has 2 rings (SSSR count). The molecular formula is C11H12BrNO. The summed E-state index contributed by atoms with van der Waals surface area (Å²) in [6, 6.07) is 6.34. The van der Waals surface area contributed by atoms with Gasteiger partial charge in [0.05, 0.1) is 0 Å². The van der Waals surface area contributed by atoms with Crippen LogP contribution in [0.3, 0.4) is 0 Å². The van der Waals surface area contributed by atoms with Crippen molar-refractivity contribution in [2.75, 3.05) is 6.61 Å². The number of aliphatic hydroxyl groups is 1. The summed E-state index contributed by atoms with van der Waals surface area (Å²) < 4.78 is 1.10. The van der Waals surface area contributed by atoms with Crippen LogP contribution in [0.25, 0.3) is 10.9 Å². The van der Waals surface area contributed by atoms with Crippen LogP contribution < -0.4 is 0 Å². The van der Waals surface area contributed by atoms with Crippen molar-refractivity contribution in [2.45, 2.75) is 12.8 Å². The lowest BCUT2D eigenvalue weighted by Gasteiger charge is -1.99. The van der Waals surface area contributed by atoms with Gasteiger partial charge in [0.15, 0.2) is 0 Å². The van der Waals surface area contributed by atoms with E-state index in [-0.39, 0.29) is 6.61 Å². The minimum absolute atomic E-state index is 0.256. The van der Waals surface area contributed by atoms with Crippen molar-refractivity contribution in [3.05, 3.63) is 34.4 Å². The molecule has 0 saturated heterocycles. The first-order chi connectivity index (χ1) is 6.81. The van der Waals surface area contributed by atoms with E-state index in [1.165, 1.54) is 10.9 Å². The highest BCUT2D eigenvalue weighted by Gasteiger charge is 2.01. The van der Waals surface area contributed by atoms with E-state index < -0.39 is 0 Å². The van der Waals surface area contributed by atoms with E-state index in [4.69, 9.17) is 5.11 Å². The third-order valence-corrected chi connectivity index (χ3v) is 2.98. The second kappa shape index (κ2) is 4.15. The smallest absolute Gasteiger partial charge is 0.0468 e. The van der Waals surface area contributed by atoms with E-state index in [9.17, 15) is 0 Å². The number of hydrogen-bond acceptors (Lipinski definition) is 1. The minimum atomic E-state index is 0.256. The second-order valence-corrected chi connectivity index (χ2v) is 4.20. The lowest BCUT2D eigenvalue weighted by Crippen LogP contribution is -1.88. The molecule has 0 aliphatic rings. The number of aromatic amines is 1. The van der Waals surface area contributed by atoms with Crippen molar-refractivity contribution < 1.29 is 5.11 Å². The zero-order valence-electron chi connectivity index (χ0n) is 7.76. The number of aromatic nitrogens is 1. The zero-order valence-corrected chi connectivity index (χ0v) is 9.34. The van der Waals surface area contributed by atoms with E-state index in [0.717, 1.165) is 22.8 Å². The van der Waals surface area contributed by atoms with Crippen LogP contribution in [-0.2, 0) is 6.42 Å². The third kappa shape index (κ3) is 1.83. The first-order valence-corrected chi connectivity index (χ1v) is 5.47. The van der Waals surface area contributed by atoms with Gasteiger partial charge in [0.2, 0.25) is 0 Å². The van der Waals surface area contributed by atoms with Crippen molar-refractivity contribution >= 4 is 26.8 Å². The monoisotopic (exact) mass is 253 g/mol. The number of hydrogen-bond donors (Lipinski definition) is 2. The van der Waals surface area contributed by atoms with Crippen LogP contribution in [0.4, 0.5) is 0 Å². The number of aliphatic hydroxyl groups excluding tert-OH is 1. The van der Waals surface area contributed by atoms with Crippen molar-refractivity contribution in [2.24, 2.45) is 0 Å². The second-order valence-electron chi connectivity index (χ2n) is 3.34. The van der Waals surface area contributed by atoms with Gasteiger partial charge in [0.1, 0.15) is 0 Å². The summed E-state index contributed by atoms with van der Waals surface area (Å²) in [7, 11) is 0. The SMILES string of the molecule is OCCCc1ccc2c(Br)c[nH]c2c1. The van der Waals surface area contributed by atoms with Crippen LogP contribution in [0.2, 0.25) is 0 Å². The van der Waals surface area contributed by atoms with E-state index in [2.05, 4.69) is 39.1 Å². The summed E-state index contributed by atoms with van der Waals surface area (Å²) in [6.45, 7) is 0.256. The molecule has 0 aliphatic carbocycles. The largest absolute Gasteiger partial charge is 0.396 e. The maximum Gasteiger partial charge on any atom is 0.0468 e. The molecule has 0 bridgehead atoms. The minimum Gasteiger partial charge on any atom is -0.396 e. The summed E-state index contributed by atoms with van der Waals surface area (Å²) in [5, 5.41) is 9.94. The number of H-pyrrole nitrogens is 1. The van der Waals surface area contributed by atoms with Gasteiger partial charge >= 0.3 is 0 Å². The Morgan fingerprint density at radius 3 is 3.00 bits per heavy atom. The van der Waals surface area contributed by atoms with Gasteiger partial charge in [-0.2, -0.15) is 0 Å². The Bertz CT molecular complexity index is 436. The van der Waals surface area contributed by atoms with Crippen molar-refractivity contribution in [1.82, 2.24) is 4.98 Å². The van der Waals surface area contributed by atoms with E-state index in [0.29, 0.717) is 0 Å². The maximum absolute atomic E-state index is 8.73. The molecule has 0 unspecified atom stereocenters. The Morgan fingerprint density at radius 1 is 1.36 bits per heavy atom. The van der Waals surface area contributed by atoms with Crippen LogP contribution in [0.5, 0.6) is 0 Å². The van der Waals surface area contributed by atoms with Gasteiger partial charge in [-0.3, -0.25) is 0 Å². The predicted molar refractivity (Wildman–Crippen MR) is 61.4 cm³/mol. The molecule has 1 aromatic heterocycles. The summed E-state index contributed by atoms with van der Waals surface area (Å²) in [6.07, 6.45) is 3.71. The highest BCUT2D eigenvalue weighted by molar-refractivity contribution is 9.10. The van der Waals surface area contributed by atoms with Crippen molar-refractivity contribution in [3.63, 3.8) is 0 Å². The summed E-state index contributed by atoms with van der Waals surface area (Å²) in [5.74, 6) is 0. The summed E-state index contributed by atoms with van der Waals surface area (Å²) >= 11 is 3.47. The molecule has 1 heterocycles. The van der Waals surface area contributed by atoms with Crippen molar-refractivity contribution in [3.8, 4) is 0 Å². The number of fused-ring (bicyclic) bond motifs is 1. The normalized spacial score (nSPS) is 11.0. The van der Waals surface area contributed by atoms with Gasteiger partial charge < -0.3 is 10.1 Å². The molecule has 0 spiro atoms. The fourth-order valence-corrected chi connectivity index (χ4v) is 2.04. The van der Waals surface area contributed by atoms with Gasteiger partial charge in [0, 0.05) is 28.2 Å². The topological polar surface area (TPSA) is 36.0 Å². The summed E-state index contributed by atoms with van der Waals surface area (Å²) in [4.78, 5) is 3.20. The quantitative estimate of drug-likeness (QED) is 0.868.